The predicted octanol–water partition coefficient (Wildman–Crippen LogP) is 8.11. The van der Waals surface area contributed by atoms with Crippen LogP contribution in [0.4, 0.5) is 4.39 Å². The zero-order valence-corrected chi connectivity index (χ0v) is 28.1. The highest BCUT2D eigenvalue weighted by Gasteiger charge is 2.35. The topological polar surface area (TPSA) is 87.1 Å². The first kappa shape index (κ1) is 34.1. The van der Waals surface area contributed by atoms with Crippen molar-refractivity contribution in [3.05, 3.63) is 101 Å². The molecule has 0 spiro atoms. The van der Waals surface area contributed by atoms with Crippen molar-refractivity contribution in [1.82, 2.24) is 4.98 Å². The third-order valence-corrected chi connectivity index (χ3v) is 7.86. The Balaban J connectivity index is 1.63. The number of aliphatic hydroxyl groups excluding tert-OH is 1. The number of esters is 1. The zero-order chi connectivity index (χ0) is 33.7. The van der Waals surface area contributed by atoms with Gasteiger partial charge in [-0.3, -0.25) is 4.98 Å². The summed E-state index contributed by atoms with van der Waals surface area (Å²) >= 11 is 0. The molecule has 3 aromatic carbocycles. The summed E-state index contributed by atoms with van der Waals surface area (Å²) in [7, 11) is 0. The maximum atomic E-state index is 13.8. The van der Waals surface area contributed by atoms with E-state index in [1.54, 1.807) is 12.1 Å². The van der Waals surface area contributed by atoms with Gasteiger partial charge in [-0.25, -0.2) is 9.18 Å². The summed E-state index contributed by atoms with van der Waals surface area (Å²) in [6, 6.07) is 20.1. The van der Waals surface area contributed by atoms with E-state index in [0.29, 0.717) is 47.9 Å². The summed E-state index contributed by atoms with van der Waals surface area (Å²) in [6.07, 6.45) is 0.986. The number of aryl methyl sites for hydroxylation is 2. The maximum absolute atomic E-state index is 13.8. The fraction of sp³-hybridized carbons (Fsp3) is 0.385. The van der Waals surface area contributed by atoms with Crippen LogP contribution in [0.15, 0.2) is 66.7 Å². The van der Waals surface area contributed by atoms with Gasteiger partial charge in [-0.2, -0.15) is 0 Å². The fourth-order valence-corrected chi connectivity index (χ4v) is 5.87. The van der Waals surface area contributed by atoms with Crippen molar-refractivity contribution >= 4 is 5.97 Å². The van der Waals surface area contributed by atoms with Crippen molar-refractivity contribution in [2.24, 2.45) is 0 Å². The molecule has 0 amide bonds. The van der Waals surface area contributed by atoms with E-state index in [4.69, 9.17) is 23.9 Å². The molecule has 0 aliphatic carbocycles. The minimum Gasteiger partial charge on any atom is -0.493 e. The van der Waals surface area contributed by atoms with Crippen molar-refractivity contribution < 1.29 is 33.2 Å². The largest absolute Gasteiger partial charge is 0.493 e. The molecule has 47 heavy (non-hydrogen) atoms. The van der Waals surface area contributed by atoms with Crippen molar-refractivity contribution in [1.29, 1.82) is 0 Å². The number of hydrogen-bond donors (Lipinski definition) is 1. The number of halogens is 1. The van der Waals surface area contributed by atoms with Crippen LogP contribution < -0.4 is 9.47 Å². The van der Waals surface area contributed by atoms with Crippen molar-refractivity contribution in [3.63, 3.8) is 0 Å². The summed E-state index contributed by atoms with van der Waals surface area (Å²) in [6.45, 7) is 12.0. The average molecular weight is 642 g/mol. The molecule has 1 aromatic heterocycles. The first-order valence-electron chi connectivity index (χ1n) is 16.2. The number of benzene rings is 3. The highest BCUT2D eigenvalue weighted by atomic mass is 19.1. The third kappa shape index (κ3) is 8.37. The van der Waals surface area contributed by atoms with E-state index in [0.717, 1.165) is 46.4 Å². The molecule has 1 aliphatic heterocycles. The minimum absolute atomic E-state index is 0.266. The monoisotopic (exact) mass is 641 g/mol. The molecular formula is C39H44FNO6. The fourth-order valence-electron chi connectivity index (χ4n) is 5.87. The smallest absolute Gasteiger partial charge is 0.340 e. The van der Waals surface area contributed by atoms with Gasteiger partial charge in [-0.05, 0) is 119 Å². The molecule has 1 aliphatic rings. The van der Waals surface area contributed by atoms with Crippen molar-refractivity contribution in [3.8, 4) is 33.8 Å². The summed E-state index contributed by atoms with van der Waals surface area (Å²) in [5, 5.41) is 10.7. The number of ether oxygens (including phenoxy) is 4. The lowest BCUT2D eigenvalue weighted by atomic mass is 9.85. The summed E-state index contributed by atoms with van der Waals surface area (Å²) in [5.41, 5.74) is 6.11. The number of carbonyl (C=O) groups excluding carboxylic acids is 1. The lowest BCUT2D eigenvalue weighted by molar-refractivity contribution is -0.171. The molecule has 4 aromatic rings. The van der Waals surface area contributed by atoms with Gasteiger partial charge in [0.25, 0.3) is 0 Å². The van der Waals surface area contributed by atoms with Crippen LogP contribution >= 0.6 is 0 Å². The van der Waals surface area contributed by atoms with Crippen molar-refractivity contribution in [2.45, 2.75) is 85.2 Å². The van der Waals surface area contributed by atoms with Gasteiger partial charge in [0.2, 0.25) is 0 Å². The van der Waals surface area contributed by atoms with Crippen LogP contribution in [0, 0.1) is 12.7 Å². The molecule has 5 rings (SSSR count). The van der Waals surface area contributed by atoms with Crippen LogP contribution in [-0.4, -0.2) is 41.0 Å². The number of hydrogen-bond acceptors (Lipinski definition) is 7. The lowest BCUT2D eigenvalue weighted by Crippen LogP contribution is -2.31. The Bertz CT molecular complexity index is 1690. The van der Waals surface area contributed by atoms with Gasteiger partial charge >= 0.3 is 5.97 Å². The molecule has 8 heteroatoms. The SMILES string of the molecule is Cc1nc(CO)c(-c2ccc(OCCc3ccc(F)cc3)cc2)c(-c2ccc3c(c2)CCCO3)c1[C@H](OC(C)(C)C)C(=O)OC(C)C. The van der Waals surface area contributed by atoms with Gasteiger partial charge in [0.15, 0.2) is 6.10 Å². The van der Waals surface area contributed by atoms with Crippen LogP contribution in [0.1, 0.15) is 75.2 Å². The number of pyridine rings is 1. The van der Waals surface area contributed by atoms with E-state index >= 15 is 0 Å². The van der Waals surface area contributed by atoms with Gasteiger partial charge in [0.1, 0.15) is 17.3 Å². The van der Waals surface area contributed by atoms with E-state index < -0.39 is 17.7 Å². The summed E-state index contributed by atoms with van der Waals surface area (Å²) < 4.78 is 37.4. The van der Waals surface area contributed by atoms with E-state index in [1.165, 1.54) is 12.1 Å². The molecule has 0 unspecified atom stereocenters. The van der Waals surface area contributed by atoms with Gasteiger partial charge in [-0.1, -0.05) is 30.3 Å². The molecule has 0 saturated heterocycles. The summed E-state index contributed by atoms with van der Waals surface area (Å²) in [5.74, 6) is 0.746. The number of rotatable bonds is 11. The second-order valence-corrected chi connectivity index (χ2v) is 13.1. The van der Waals surface area contributed by atoms with E-state index in [1.807, 2.05) is 77.9 Å². The second kappa shape index (κ2) is 14.7. The Morgan fingerprint density at radius 3 is 2.36 bits per heavy atom. The second-order valence-electron chi connectivity index (χ2n) is 13.1. The predicted molar refractivity (Wildman–Crippen MR) is 180 cm³/mol. The third-order valence-electron chi connectivity index (χ3n) is 7.86. The number of fused-ring (bicyclic) bond motifs is 1. The molecule has 0 radical (unpaired) electrons. The van der Waals surface area contributed by atoms with Crippen LogP contribution in [0.25, 0.3) is 22.3 Å². The highest BCUT2D eigenvalue weighted by molar-refractivity contribution is 5.91. The van der Waals surface area contributed by atoms with E-state index in [2.05, 4.69) is 6.07 Å². The Kier molecular flexibility index (Phi) is 10.6. The molecule has 0 saturated carbocycles. The first-order chi connectivity index (χ1) is 22.4. The Labute approximate surface area is 276 Å². The first-order valence-corrected chi connectivity index (χ1v) is 16.2. The van der Waals surface area contributed by atoms with Crippen LogP contribution in [-0.2, 0) is 33.7 Å². The highest BCUT2D eigenvalue weighted by Crippen LogP contribution is 2.44. The zero-order valence-electron chi connectivity index (χ0n) is 28.1. The Morgan fingerprint density at radius 2 is 1.70 bits per heavy atom. The maximum Gasteiger partial charge on any atom is 0.340 e. The lowest BCUT2D eigenvalue weighted by Gasteiger charge is -2.31. The minimum atomic E-state index is -1.08. The molecule has 0 bridgehead atoms. The molecule has 0 fully saturated rings. The Hall–Kier alpha value is -4.27. The number of aromatic nitrogens is 1. The number of aliphatic hydroxyl groups is 1. The molecule has 248 valence electrons. The quantitative estimate of drug-likeness (QED) is 0.166. The molecule has 2 heterocycles. The standard InChI is InChI=1S/C39H44FNO6/c1-24(2)46-38(43)37(47-39(4,5)6)34-25(3)41-32(23-42)35(36(34)29-13-18-33-28(22-29)8-7-20-45-33)27-11-16-31(17-12-27)44-21-19-26-9-14-30(40)15-10-26/h9-18,22,24,37,42H,7-8,19-21,23H2,1-6H3/t37-/m0/s1. The number of nitrogens with zero attached hydrogens (tertiary/aromatic N) is 1. The van der Waals surface area contributed by atoms with Crippen LogP contribution in [0.5, 0.6) is 11.5 Å². The van der Waals surface area contributed by atoms with E-state index in [9.17, 15) is 14.3 Å². The molecular weight excluding hydrogens is 597 g/mol. The van der Waals surface area contributed by atoms with E-state index in [-0.39, 0.29) is 18.5 Å². The molecule has 1 atom stereocenters. The summed E-state index contributed by atoms with van der Waals surface area (Å²) in [4.78, 5) is 18.6. The van der Waals surface area contributed by atoms with Crippen LogP contribution in [0.2, 0.25) is 0 Å². The number of carbonyl (C=O) groups is 1. The molecule has 1 N–H and O–H groups in total. The van der Waals surface area contributed by atoms with Gasteiger partial charge in [-0.15, -0.1) is 0 Å². The van der Waals surface area contributed by atoms with Gasteiger partial charge in [0, 0.05) is 23.2 Å². The molecule has 7 nitrogen and oxygen atoms in total. The average Bonchev–Trinajstić information content (AvgIpc) is 3.03. The van der Waals surface area contributed by atoms with Crippen molar-refractivity contribution in [2.75, 3.05) is 13.2 Å². The van der Waals surface area contributed by atoms with Gasteiger partial charge < -0.3 is 24.1 Å². The van der Waals surface area contributed by atoms with Gasteiger partial charge in [0.05, 0.1) is 37.2 Å². The normalized spacial score (nSPS) is 13.6. The van der Waals surface area contributed by atoms with Crippen LogP contribution in [0.3, 0.4) is 0 Å². The Morgan fingerprint density at radius 1 is 1.00 bits per heavy atom.